The zero-order valence-electron chi connectivity index (χ0n) is 16.5. The Morgan fingerprint density at radius 2 is 2.07 bits per heavy atom. The summed E-state index contributed by atoms with van der Waals surface area (Å²) in [7, 11) is 1.71. The highest BCUT2D eigenvalue weighted by Crippen LogP contribution is 2.26. The fourth-order valence-electron chi connectivity index (χ4n) is 2.90. The molecule has 1 amide bonds. The number of fused-ring (bicyclic) bond motifs is 1. The normalized spacial score (nSPS) is 11.0. The van der Waals surface area contributed by atoms with Crippen molar-refractivity contribution in [3.8, 4) is 17.0 Å². The molecule has 0 saturated carbocycles. The predicted molar refractivity (Wildman–Crippen MR) is 115 cm³/mol. The van der Waals surface area contributed by atoms with Gasteiger partial charge in [-0.2, -0.15) is 5.10 Å². The fraction of sp³-hybridized carbons (Fsp3) is 0.250. The zero-order valence-corrected chi connectivity index (χ0v) is 17.3. The van der Waals surface area contributed by atoms with Gasteiger partial charge in [0.05, 0.1) is 18.5 Å². The number of aromatic nitrogens is 5. The summed E-state index contributed by atoms with van der Waals surface area (Å²) in [4.78, 5) is 33.5. The number of anilines is 1. The standard InChI is InChI=1S/C20H20N6O3S/c1-3-8-29-14-6-4-13(5-7-14)16-11-30-20(23-16)24-17(27)10-26-12-21-18-15(19(26)28)9-22-25(18)2/h4-7,9,11-12H,3,8,10H2,1-2H3,(H,23,24,27). The van der Waals surface area contributed by atoms with E-state index in [9.17, 15) is 9.59 Å². The van der Waals surface area contributed by atoms with E-state index in [1.807, 2.05) is 29.6 Å². The lowest BCUT2D eigenvalue weighted by molar-refractivity contribution is -0.116. The third-order valence-corrected chi connectivity index (χ3v) is 5.16. The number of thiazole rings is 1. The summed E-state index contributed by atoms with van der Waals surface area (Å²) < 4.78 is 8.35. The largest absolute Gasteiger partial charge is 0.494 e. The Hall–Kier alpha value is -3.53. The maximum atomic E-state index is 12.5. The second kappa shape index (κ2) is 8.46. The lowest BCUT2D eigenvalue weighted by Gasteiger charge is -2.05. The molecule has 4 aromatic rings. The number of nitrogens with zero attached hydrogens (tertiary/aromatic N) is 5. The van der Waals surface area contributed by atoms with Crippen LogP contribution in [0.15, 0.2) is 47.0 Å². The molecule has 30 heavy (non-hydrogen) atoms. The Balaban J connectivity index is 1.43. The molecule has 9 nitrogen and oxygen atoms in total. The van der Waals surface area contributed by atoms with Gasteiger partial charge >= 0.3 is 0 Å². The van der Waals surface area contributed by atoms with Gasteiger partial charge in [0.2, 0.25) is 5.91 Å². The Morgan fingerprint density at radius 3 is 2.83 bits per heavy atom. The van der Waals surface area contributed by atoms with Crippen LogP contribution in [-0.2, 0) is 18.4 Å². The van der Waals surface area contributed by atoms with Crippen molar-refractivity contribution in [3.05, 3.63) is 52.5 Å². The number of ether oxygens (including phenoxy) is 1. The van der Waals surface area contributed by atoms with Gasteiger partial charge in [-0.15, -0.1) is 11.3 Å². The number of nitrogens with one attached hydrogen (secondary N) is 1. The molecule has 154 valence electrons. The average Bonchev–Trinajstić information content (AvgIpc) is 3.36. The van der Waals surface area contributed by atoms with E-state index in [4.69, 9.17) is 4.74 Å². The lowest BCUT2D eigenvalue weighted by atomic mass is 10.2. The van der Waals surface area contributed by atoms with E-state index in [0.29, 0.717) is 22.8 Å². The molecular formula is C20H20N6O3S. The van der Waals surface area contributed by atoms with Crippen molar-refractivity contribution in [1.82, 2.24) is 24.3 Å². The topological polar surface area (TPSA) is 104 Å². The molecule has 0 aliphatic carbocycles. The molecule has 0 fully saturated rings. The van der Waals surface area contributed by atoms with Gasteiger partial charge in [0.1, 0.15) is 24.0 Å². The summed E-state index contributed by atoms with van der Waals surface area (Å²) in [6, 6.07) is 7.66. The minimum atomic E-state index is -0.355. The first kappa shape index (κ1) is 19.8. The predicted octanol–water partition coefficient (Wildman–Crippen LogP) is 2.68. The quantitative estimate of drug-likeness (QED) is 0.489. The average molecular weight is 424 g/mol. The van der Waals surface area contributed by atoms with E-state index in [-0.39, 0.29) is 18.0 Å². The van der Waals surface area contributed by atoms with Gasteiger partial charge in [-0.25, -0.2) is 9.97 Å². The van der Waals surface area contributed by atoms with Crippen LogP contribution in [0.25, 0.3) is 22.3 Å². The first-order valence-electron chi connectivity index (χ1n) is 9.41. The first-order chi connectivity index (χ1) is 14.5. The number of carbonyl (C=O) groups excluding carboxylic acids is 1. The second-order valence-electron chi connectivity index (χ2n) is 6.64. The number of amides is 1. The van der Waals surface area contributed by atoms with Crippen LogP contribution in [0, 0.1) is 0 Å². The molecular weight excluding hydrogens is 404 g/mol. The Bertz CT molecular complexity index is 1240. The molecule has 1 N–H and O–H groups in total. The van der Waals surface area contributed by atoms with Crippen LogP contribution < -0.4 is 15.6 Å². The van der Waals surface area contributed by atoms with Crippen LogP contribution in [0.5, 0.6) is 5.75 Å². The van der Waals surface area contributed by atoms with Crippen molar-refractivity contribution in [1.29, 1.82) is 0 Å². The lowest BCUT2D eigenvalue weighted by Crippen LogP contribution is -2.27. The van der Waals surface area contributed by atoms with Gasteiger partial charge in [0.25, 0.3) is 5.56 Å². The van der Waals surface area contributed by atoms with E-state index in [1.165, 1.54) is 33.1 Å². The molecule has 0 atom stereocenters. The smallest absolute Gasteiger partial charge is 0.264 e. The second-order valence-corrected chi connectivity index (χ2v) is 7.50. The van der Waals surface area contributed by atoms with Gasteiger partial charge in [0.15, 0.2) is 10.8 Å². The van der Waals surface area contributed by atoms with Crippen molar-refractivity contribution in [3.63, 3.8) is 0 Å². The molecule has 0 aliphatic rings. The van der Waals surface area contributed by atoms with Gasteiger partial charge in [-0.3, -0.25) is 18.8 Å². The Kier molecular flexibility index (Phi) is 5.57. The van der Waals surface area contributed by atoms with E-state index in [2.05, 4.69) is 27.3 Å². The van der Waals surface area contributed by atoms with E-state index in [0.717, 1.165) is 23.4 Å². The molecule has 3 heterocycles. The maximum Gasteiger partial charge on any atom is 0.264 e. The minimum Gasteiger partial charge on any atom is -0.494 e. The van der Waals surface area contributed by atoms with Crippen LogP contribution in [0.2, 0.25) is 0 Å². The Morgan fingerprint density at radius 1 is 1.27 bits per heavy atom. The summed E-state index contributed by atoms with van der Waals surface area (Å²) in [6.07, 6.45) is 3.75. The molecule has 0 spiro atoms. The minimum absolute atomic E-state index is 0.158. The van der Waals surface area contributed by atoms with Gasteiger partial charge in [0, 0.05) is 18.0 Å². The molecule has 0 saturated heterocycles. The number of benzene rings is 1. The van der Waals surface area contributed by atoms with Crippen LogP contribution in [0.3, 0.4) is 0 Å². The number of hydrogen-bond acceptors (Lipinski definition) is 7. The van der Waals surface area contributed by atoms with Crippen molar-refractivity contribution >= 4 is 33.4 Å². The van der Waals surface area contributed by atoms with Crippen molar-refractivity contribution in [2.75, 3.05) is 11.9 Å². The molecule has 0 aliphatic heterocycles. The summed E-state index contributed by atoms with van der Waals surface area (Å²) in [5, 5.41) is 9.46. The van der Waals surface area contributed by atoms with Crippen LogP contribution in [-0.4, -0.2) is 36.8 Å². The molecule has 1 aromatic carbocycles. The third-order valence-electron chi connectivity index (χ3n) is 4.41. The van der Waals surface area contributed by atoms with Gasteiger partial charge < -0.3 is 10.1 Å². The summed E-state index contributed by atoms with van der Waals surface area (Å²) >= 11 is 1.32. The van der Waals surface area contributed by atoms with Crippen molar-refractivity contribution in [2.45, 2.75) is 19.9 Å². The molecule has 0 radical (unpaired) electrons. The number of carbonyl (C=O) groups is 1. The molecule has 10 heteroatoms. The van der Waals surface area contributed by atoms with Gasteiger partial charge in [-0.05, 0) is 30.7 Å². The summed E-state index contributed by atoms with van der Waals surface area (Å²) in [5.74, 6) is 0.459. The van der Waals surface area contributed by atoms with Crippen LogP contribution >= 0.6 is 11.3 Å². The highest BCUT2D eigenvalue weighted by atomic mass is 32.1. The maximum absolute atomic E-state index is 12.5. The third kappa shape index (κ3) is 4.08. The molecule has 4 rings (SSSR count). The van der Waals surface area contributed by atoms with Crippen molar-refractivity contribution < 1.29 is 9.53 Å². The monoisotopic (exact) mass is 424 g/mol. The zero-order chi connectivity index (χ0) is 21.1. The van der Waals surface area contributed by atoms with E-state index < -0.39 is 0 Å². The summed E-state index contributed by atoms with van der Waals surface area (Å²) in [6.45, 7) is 2.58. The SMILES string of the molecule is CCCOc1ccc(-c2csc(NC(=O)Cn3cnc4c(cnn4C)c3=O)n2)cc1. The molecule has 0 unspecified atom stereocenters. The number of rotatable bonds is 7. The number of hydrogen-bond donors (Lipinski definition) is 1. The van der Waals surface area contributed by atoms with Crippen molar-refractivity contribution in [2.24, 2.45) is 7.05 Å². The van der Waals surface area contributed by atoms with Crippen LogP contribution in [0.4, 0.5) is 5.13 Å². The highest BCUT2D eigenvalue weighted by Gasteiger charge is 2.13. The Labute approximate surface area is 176 Å². The van der Waals surface area contributed by atoms with E-state index in [1.54, 1.807) is 7.05 Å². The molecule has 3 aromatic heterocycles. The van der Waals surface area contributed by atoms with E-state index >= 15 is 0 Å². The summed E-state index contributed by atoms with van der Waals surface area (Å²) in [5.41, 5.74) is 1.85. The first-order valence-corrected chi connectivity index (χ1v) is 10.3. The number of aryl methyl sites for hydroxylation is 1. The highest BCUT2D eigenvalue weighted by molar-refractivity contribution is 7.14. The van der Waals surface area contributed by atoms with Crippen LogP contribution in [0.1, 0.15) is 13.3 Å². The molecule has 0 bridgehead atoms. The van der Waals surface area contributed by atoms with Gasteiger partial charge in [-0.1, -0.05) is 6.92 Å². The fourth-order valence-corrected chi connectivity index (χ4v) is 3.63.